The van der Waals surface area contributed by atoms with E-state index in [1.54, 1.807) is 0 Å². The van der Waals surface area contributed by atoms with Gasteiger partial charge in [0.1, 0.15) is 18.1 Å². The quantitative estimate of drug-likeness (QED) is 0.299. The number of fused-ring (bicyclic) bond motifs is 1. The van der Waals surface area contributed by atoms with Gasteiger partial charge in [0.05, 0.1) is 20.6 Å². The van der Waals surface area contributed by atoms with Crippen molar-refractivity contribution in [2.45, 2.75) is 12.1 Å². The van der Waals surface area contributed by atoms with Gasteiger partial charge in [-0.1, -0.05) is 40.0 Å². The van der Waals surface area contributed by atoms with E-state index in [1.807, 2.05) is 0 Å². The molecule has 15 heteroatoms. The second-order valence-electron chi connectivity index (χ2n) is 6.92. The lowest BCUT2D eigenvalue weighted by Crippen LogP contribution is -2.29. The number of hydrogen-bond donors (Lipinski definition) is 1. The molecule has 0 saturated carbocycles. The Hall–Kier alpha value is -2.67. The minimum absolute atomic E-state index is 0.0214. The number of pyridine rings is 1. The molecular formula is C19H10Cl3F5N4O3. The van der Waals surface area contributed by atoms with Gasteiger partial charge in [0, 0.05) is 24.0 Å². The lowest BCUT2D eigenvalue weighted by atomic mass is 10.2. The molecule has 0 spiro atoms. The van der Waals surface area contributed by atoms with Crippen LogP contribution in [0.1, 0.15) is 5.56 Å². The Morgan fingerprint density at radius 2 is 1.71 bits per heavy atom. The highest BCUT2D eigenvalue weighted by Gasteiger charge is 2.32. The molecule has 7 nitrogen and oxygen atoms in total. The van der Waals surface area contributed by atoms with Crippen LogP contribution in [0, 0.1) is 0 Å². The topological polar surface area (TPSA) is 85.7 Å². The first kappa shape index (κ1) is 24.5. The average Bonchev–Trinajstić information content (AvgIpc) is 3.41. The molecule has 0 radical (unpaired) electrons. The summed E-state index contributed by atoms with van der Waals surface area (Å²) < 4.78 is 76.6. The van der Waals surface area contributed by atoms with Gasteiger partial charge in [-0.05, 0) is 12.1 Å². The normalized spacial score (nSPS) is 12.5. The van der Waals surface area contributed by atoms with Crippen LogP contribution in [0.2, 0.25) is 15.1 Å². The third kappa shape index (κ3) is 4.90. The molecular weight excluding hydrogens is 534 g/mol. The number of aliphatic hydroxyl groups excluding tert-OH is 1. The smallest absolute Gasteiger partial charge is 0.417 e. The van der Waals surface area contributed by atoms with Crippen LogP contribution < -0.4 is 4.74 Å². The summed E-state index contributed by atoms with van der Waals surface area (Å²) >= 11 is 18.2. The predicted octanol–water partition coefficient (Wildman–Crippen LogP) is 6.04. The minimum atomic E-state index is -4.61. The van der Waals surface area contributed by atoms with Crippen molar-refractivity contribution in [3.05, 3.63) is 51.2 Å². The van der Waals surface area contributed by atoms with Crippen LogP contribution in [0.25, 0.3) is 28.6 Å². The van der Waals surface area contributed by atoms with Gasteiger partial charge in [-0.15, -0.1) is 0 Å². The summed E-state index contributed by atoms with van der Waals surface area (Å²) in [5.74, 6) is -3.86. The summed E-state index contributed by atoms with van der Waals surface area (Å²) in [5, 5.41) is 12.0. The van der Waals surface area contributed by atoms with Crippen molar-refractivity contribution < 1.29 is 36.3 Å². The zero-order valence-corrected chi connectivity index (χ0v) is 18.6. The Balaban J connectivity index is 1.64. The van der Waals surface area contributed by atoms with Crippen LogP contribution in [0.5, 0.6) is 5.75 Å². The second kappa shape index (κ2) is 8.84. The van der Waals surface area contributed by atoms with Gasteiger partial charge >= 0.3 is 12.1 Å². The highest BCUT2D eigenvalue weighted by molar-refractivity contribution is 6.36. The Bertz CT molecular complexity index is 1370. The van der Waals surface area contributed by atoms with Crippen LogP contribution in [-0.2, 0) is 6.18 Å². The van der Waals surface area contributed by atoms with Gasteiger partial charge in [0.15, 0.2) is 12.3 Å². The number of aliphatic hydroxyl groups is 1. The molecule has 1 N–H and O–H groups in total. The molecule has 1 aromatic carbocycles. The van der Waals surface area contributed by atoms with Crippen molar-refractivity contribution in [1.82, 2.24) is 19.5 Å². The Kier molecular flexibility index (Phi) is 6.36. The van der Waals surface area contributed by atoms with Gasteiger partial charge in [-0.2, -0.15) is 18.2 Å². The molecule has 0 aliphatic rings. The number of benzene rings is 1. The summed E-state index contributed by atoms with van der Waals surface area (Å²) in [7, 11) is 0. The Morgan fingerprint density at radius 3 is 2.38 bits per heavy atom. The van der Waals surface area contributed by atoms with Gasteiger partial charge in [0.2, 0.25) is 5.82 Å². The highest BCUT2D eigenvalue weighted by atomic mass is 35.5. The molecule has 4 rings (SSSR count). The zero-order valence-electron chi connectivity index (χ0n) is 16.4. The van der Waals surface area contributed by atoms with Gasteiger partial charge < -0.3 is 18.8 Å². The van der Waals surface area contributed by atoms with E-state index in [4.69, 9.17) is 49.2 Å². The maximum atomic E-state index is 13.2. The largest absolute Gasteiger partial charge is 0.486 e. The number of rotatable bonds is 6. The lowest BCUT2D eigenvalue weighted by Gasteiger charge is -2.15. The molecule has 0 atom stereocenters. The number of imidazole rings is 1. The number of hydrogen-bond acceptors (Lipinski definition) is 6. The van der Waals surface area contributed by atoms with Gasteiger partial charge in [-0.3, -0.25) is 0 Å². The first-order valence-corrected chi connectivity index (χ1v) is 10.2. The molecule has 0 aliphatic carbocycles. The summed E-state index contributed by atoms with van der Waals surface area (Å²) in [5.41, 5.74) is -0.746. The minimum Gasteiger partial charge on any atom is -0.486 e. The van der Waals surface area contributed by atoms with Crippen molar-refractivity contribution in [2.75, 3.05) is 13.2 Å². The summed E-state index contributed by atoms with van der Waals surface area (Å²) in [6.45, 7) is -2.54. The van der Waals surface area contributed by atoms with Crippen molar-refractivity contribution in [3.63, 3.8) is 0 Å². The Labute approximate surface area is 201 Å². The molecule has 0 amide bonds. The van der Waals surface area contributed by atoms with Crippen LogP contribution in [0.15, 0.2) is 35.1 Å². The number of aromatic nitrogens is 4. The van der Waals surface area contributed by atoms with E-state index in [0.29, 0.717) is 0 Å². The molecule has 4 aromatic rings. The number of ether oxygens (including phenoxy) is 1. The van der Waals surface area contributed by atoms with E-state index in [9.17, 15) is 22.0 Å². The molecule has 180 valence electrons. The number of halogens is 8. The van der Waals surface area contributed by atoms with E-state index in [1.165, 1.54) is 12.3 Å². The van der Waals surface area contributed by atoms with E-state index in [-0.39, 0.29) is 49.4 Å². The maximum absolute atomic E-state index is 13.2. The van der Waals surface area contributed by atoms with Crippen molar-refractivity contribution in [2.24, 2.45) is 0 Å². The van der Waals surface area contributed by atoms with Crippen LogP contribution in [0.4, 0.5) is 22.0 Å². The van der Waals surface area contributed by atoms with Crippen molar-refractivity contribution >= 4 is 40.4 Å². The predicted molar refractivity (Wildman–Crippen MR) is 111 cm³/mol. The highest BCUT2D eigenvalue weighted by Crippen LogP contribution is 2.37. The number of alkyl halides is 5. The maximum Gasteiger partial charge on any atom is 0.417 e. The molecule has 3 heterocycles. The summed E-state index contributed by atoms with van der Waals surface area (Å²) in [6, 6.07) is 3.15. The van der Waals surface area contributed by atoms with Gasteiger partial charge in [0.25, 0.3) is 5.89 Å². The second-order valence-corrected chi connectivity index (χ2v) is 8.14. The molecule has 34 heavy (non-hydrogen) atoms. The molecule has 0 saturated heterocycles. The van der Waals surface area contributed by atoms with E-state index < -0.39 is 30.9 Å². The van der Waals surface area contributed by atoms with E-state index in [0.717, 1.165) is 22.7 Å². The first-order valence-electron chi connectivity index (χ1n) is 9.08. The molecule has 0 aliphatic heterocycles. The fourth-order valence-electron chi connectivity index (χ4n) is 2.79. The van der Waals surface area contributed by atoms with E-state index >= 15 is 0 Å². The van der Waals surface area contributed by atoms with Crippen LogP contribution in [0.3, 0.4) is 0 Å². The fraction of sp³-hybridized carbons (Fsp3) is 0.211. The standard InChI is InChI=1S/C19H10Cl3F5N4O3/c20-10-3-14(33-7-18(23,24)6-32)11(21)2-9(10)15-29-17(34-30-15)13-5-31-4-8(19(25,26)27)1-12(22)16(31)28-13/h1-5,32H,6-7H2. The third-order valence-electron chi connectivity index (χ3n) is 4.41. The summed E-state index contributed by atoms with van der Waals surface area (Å²) in [6.07, 6.45) is -2.58. The van der Waals surface area contributed by atoms with Gasteiger partial charge in [-0.25, -0.2) is 13.8 Å². The number of nitrogens with zero attached hydrogens (tertiary/aromatic N) is 4. The molecule has 0 fully saturated rings. The lowest BCUT2D eigenvalue weighted by molar-refractivity contribution is -0.137. The Morgan fingerprint density at radius 1 is 0.971 bits per heavy atom. The SMILES string of the molecule is OCC(F)(F)COc1cc(Cl)c(-c2noc(-c3cn4cc(C(F)(F)F)cc(Cl)c4n3)n2)cc1Cl. The summed E-state index contributed by atoms with van der Waals surface area (Å²) in [4.78, 5) is 8.24. The van der Waals surface area contributed by atoms with Crippen LogP contribution >= 0.6 is 34.8 Å². The molecule has 0 unspecified atom stereocenters. The zero-order chi connectivity index (χ0) is 24.8. The molecule has 0 bridgehead atoms. The fourth-order valence-corrected chi connectivity index (χ4v) is 3.51. The molecule has 3 aromatic heterocycles. The third-order valence-corrected chi connectivity index (χ3v) is 5.30. The van der Waals surface area contributed by atoms with Crippen molar-refractivity contribution in [3.8, 4) is 28.7 Å². The monoisotopic (exact) mass is 542 g/mol. The van der Waals surface area contributed by atoms with Crippen molar-refractivity contribution in [1.29, 1.82) is 0 Å². The van der Waals surface area contributed by atoms with Crippen LogP contribution in [-0.4, -0.2) is 43.8 Å². The average molecular weight is 544 g/mol. The first-order chi connectivity index (χ1) is 15.9. The van der Waals surface area contributed by atoms with E-state index in [2.05, 4.69) is 15.1 Å².